The molecule has 31 heavy (non-hydrogen) atoms. The largest absolute Gasteiger partial charge is 0.380 e. The first kappa shape index (κ1) is 21.5. The third-order valence-corrected chi connectivity index (χ3v) is 6.79. The molecule has 0 radical (unpaired) electrons. The highest BCUT2D eigenvalue weighted by Crippen LogP contribution is 2.31. The number of carbonyl (C=O) groups is 1. The molecular weight excluding hydrogens is 397 g/mol. The predicted molar refractivity (Wildman–Crippen MR) is 121 cm³/mol. The number of nitrogens with one attached hydrogen (secondary N) is 2. The van der Waals surface area contributed by atoms with Crippen molar-refractivity contribution >= 4 is 23.0 Å². The monoisotopic (exact) mass is 427 g/mol. The van der Waals surface area contributed by atoms with E-state index in [1.165, 1.54) is 18.6 Å². The molecule has 1 saturated carbocycles. The van der Waals surface area contributed by atoms with E-state index < -0.39 is 5.43 Å². The Morgan fingerprint density at radius 1 is 1.06 bits per heavy atom. The van der Waals surface area contributed by atoms with Gasteiger partial charge in [-0.1, -0.05) is 0 Å². The first-order valence-corrected chi connectivity index (χ1v) is 11.3. The standard InChI is InChI=1S/C24H30FN3O3/c1-15-13-18(25)9-10-19(15)27-24(31)17-7-5-16(6-8-17)14-26-20-21(23(30)22(20)29)28-11-3-2-4-12-28/h9-10,13,16-17,26H,2-8,11-12,14H2,1H3,(H,27,31). The van der Waals surface area contributed by atoms with Crippen LogP contribution in [0.15, 0.2) is 27.8 Å². The molecule has 2 aromatic rings. The summed E-state index contributed by atoms with van der Waals surface area (Å²) in [6.45, 7) is 4.11. The minimum absolute atomic E-state index is 0.0176. The SMILES string of the molecule is Cc1cc(F)ccc1NC(=O)C1CCC(CNc2c(N3CCCCC3)c(=O)c2=O)CC1. The fourth-order valence-corrected chi connectivity index (χ4v) is 4.84. The van der Waals surface area contributed by atoms with Gasteiger partial charge in [0.1, 0.15) is 17.2 Å². The maximum atomic E-state index is 13.3. The molecule has 1 heterocycles. The Bertz CT molecular complexity index is 1010. The molecule has 7 heteroatoms. The van der Waals surface area contributed by atoms with Gasteiger partial charge in [-0.25, -0.2) is 4.39 Å². The Kier molecular flexibility index (Phi) is 6.39. The van der Waals surface area contributed by atoms with Crippen LogP contribution in [0.4, 0.5) is 21.5 Å². The number of halogens is 1. The van der Waals surface area contributed by atoms with E-state index in [2.05, 4.69) is 10.6 Å². The molecule has 166 valence electrons. The van der Waals surface area contributed by atoms with Crippen LogP contribution in [0.1, 0.15) is 50.5 Å². The smallest absolute Gasteiger partial charge is 0.253 e. The van der Waals surface area contributed by atoms with Crippen LogP contribution in [-0.4, -0.2) is 25.5 Å². The summed E-state index contributed by atoms with van der Waals surface area (Å²) in [6.07, 6.45) is 6.63. The minimum atomic E-state index is -0.400. The van der Waals surface area contributed by atoms with Crippen LogP contribution < -0.4 is 26.4 Å². The molecular formula is C24H30FN3O3. The molecule has 2 aliphatic rings. The molecule has 1 saturated heterocycles. The fraction of sp³-hybridized carbons (Fsp3) is 0.542. The number of hydrogen-bond acceptors (Lipinski definition) is 5. The van der Waals surface area contributed by atoms with Gasteiger partial charge in [-0.2, -0.15) is 0 Å². The van der Waals surface area contributed by atoms with Crippen molar-refractivity contribution in [1.82, 2.24) is 0 Å². The van der Waals surface area contributed by atoms with Crippen molar-refractivity contribution < 1.29 is 9.18 Å². The van der Waals surface area contributed by atoms with E-state index in [1.54, 1.807) is 13.0 Å². The molecule has 0 unspecified atom stereocenters. The number of benzene rings is 1. The summed E-state index contributed by atoms with van der Waals surface area (Å²) in [5.41, 5.74) is 1.67. The molecule has 6 nitrogen and oxygen atoms in total. The number of amides is 1. The van der Waals surface area contributed by atoms with E-state index in [-0.39, 0.29) is 23.1 Å². The summed E-state index contributed by atoms with van der Waals surface area (Å²) >= 11 is 0. The number of anilines is 3. The lowest BCUT2D eigenvalue weighted by molar-refractivity contribution is -0.121. The third kappa shape index (κ3) is 4.65. The van der Waals surface area contributed by atoms with Crippen molar-refractivity contribution in [3.8, 4) is 0 Å². The first-order chi connectivity index (χ1) is 14.9. The van der Waals surface area contributed by atoms with E-state index in [0.717, 1.165) is 51.6 Å². The highest BCUT2D eigenvalue weighted by Gasteiger charge is 2.29. The Balaban J connectivity index is 1.27. The number of piperidine rings is 1. The van der Waals surface area contributed by atoms with Gasteiger partial charge >= 0.3 is 0 Å². The van der Waals surface area contributed by atoms with Gasteiger partial charge in [0.2, 0.25) is 5.91 Å². The summed E-state index contributed by atoms with van der Waals surface area (Å²) in [6, 6.07) is 4.37. The molecule has 2 fully saturated rings. The highest BCUT2D eigenvalue weighted by molar-refractivity contribution is 5.93. The van der Waals surface area contributed by atoms with Gasteiger partial charge in [0, 0.05) is 31.2 Å². The molecule has 4 rings (SSSR count). The minimum Gasteiger partial charge on any atom is -0.380 e. The second-order valence-electron chi connectivity index (χ2n) is 8.98. The second-order valence-corrected chi connectivity index (χ2v) is 8.98. The van der Waals surface area contributed by atoms with Crippen LogP contribution in [0, 0.1) is 24.6 Å². The predicted octanol–water partition coefficient (Wildman–Crippen LogP) is 3.58. The number of rotatable bonds is 6. The molecule has 2 aromatic carbocycles. The normalized spacial score (nSPS) is 21.8. The van der Waals surface area contributed by atoms with Crippen LogP contribution in [0.25, 0.3) is 0 Å². The summed E-state index contributed by atoms with van der Waals surface area (Å²) in [7, 11) is 0. The zero-order valence-corrected chi connectivity index (χ0v) is 18.0. The second kappa shape index (κ2) is 9.20. The Morgan fingerprint density at radius 3 is 2.45 bits per heavy atom. The molecule has 0 atom stereocenters. The zero-order chi connectivity index (χ0) is 22.0. The van der Waals surface area contributed by atoms with Crippen LogP contribution in [-0.2, 0) is 4.79 Å². The van der Waals surface area contributed by atoms with Gasteiger partial charge in [-0.15, -0.1) is 0 Å². The van der Waals surface area contributed by atoms with E-state index in [1.807, 2.05) is 4.90 Å². The van der Waals surface area contributed by atoms with Gasteiger partial charge in [0.25, 0.3) is 10.9 Å². The maximum absolute atomic E-state index is 13.3. The van der Waals surface area contributed by atoms with E-state index in [9.17, 15) is 18.8 Å². The van der Waals surface area contributed by atoms with Crippen molar-refractivity contribution in [2.24, 2.45) is 11.8 Å². The summed E-state index contributed by atoms with van der Waals surface area (Å²) in [4.78, 5) is 38.8. The number of nitrogens with zero attached hydrogens (tertiary/aromatic N) is 1. The van der Waals surface area contributed by atoms with Gasteiger partial charge < -0.3 is 15.5 Å². The molecule has 0 aromatic heterocycles. The molecule has 1 aliphatic carbocycles. The fourth-order valence-electron chi connectivity index (χ4n) is 4.84. The molecule has 0 spiro atoms. The van der Waals surface area contributed by atoms with Gasteiger partial charge in [0.05, 0.1) is 0 Å². The maximum Gasteiger partial charge on any atom is 0.253 e. The van der Waals surface area contributed by atoms with Gasteiger partial charge in [0.15, 0.2) is 0 Å². The molecule has 1 aliphatic heterocycles. The first-order valence-electron chi connectivity index (χ1n) is 11.3. The van der Waals surface area contributed by atoms with Crippen molar-refractivity contribution in [3.05, 3.63) is 50.0 Å². The Labute approximate surface area is 181 Å². The van der Waals surface area contributed by atoms with Crippen LogP contribution in [0.2, 0.25) is 0 Å². The summed E-state index contributed by atoms with van der Waals surface area (Å²) in [5.74, 6) is -0.0179. The van der Waals surface area contributed by atoms with Crippen LogP contribution in [0.3, 0.4) is 0 Å². The molecule has 2 N–H and O–H groups in total. The van der Waals surface area contributed by atoms with Crippen molar-refractivity contribution in [2.75, 3.05) is 35.2 Å². The lowest BCUT2D eigenvalue weighted by Crippen LogP contribution is -2.45. The zero-order valence-electron chi connectivity index (χ0n) is 18.0. The lowest BCUT2D eigenvalue weighted by atomic mass is 9.81. The average molecular weight is 428 g/mol. The van der Waals surface area contributed by atoms with E-state index >= 15 is 0 Å². The third-order valence-electron chi connectivity index (χ3n) is 6.79. The van der Waals surface area contributed by atoms with Crippen LogP contribution >= 0.6 is 0 Å². The topological polar surface area (TPSA) is 78.5 Å². The average Bonchev–Trinajstić information content (AvgIpc) is 2.78. The number of hydrogen-bond donors (Lipinski definition) is 2. The van der Waals surface area contributed by atoms with Gasteiger partial charge in [-0.05, 0) is 81.5 Å². The van der Waals surface area contributed by atoms with E-state index in [0.29, 0.717) is 35.1 Å². The number of carbonyl (C=O) groups excluding carboxylic acids is 1. The van der Waals surface area contributed by atoms with E-state index in [4.69, 9.17) is 0 Å². The van der Waals surface area contributed by atoms with Crippen molar-refractivity contribution in [1.29, 1.82) is 0 Å². The van der Waals surface area contributed by atoms with Crippen LogP contribution in [0.5, 0.6) is 0 Å². The lowest BCUT2D eigenvalue weighted by Gasteiger charge is -2.32. The highest BCUT2D eigenvalue weighted by atomic mass is 19.1. The summed E-state index contributed by atoms with van der Waals surface area (Å²) < 4.78 is 13.3. The molecule has 1 amide bonds. The van der Waals surface area contributed by atoms with Crippen molar-refractivity contribution in [2.45, 2.75) is 51.9 Å². The number of aryl methyl sites for hydroxylation is 1. The van der Waals surface area contributed by atoms with Crippen molar-refractivity contribution in [3.63, 3.8) is 0 Å². The van der Waals surface area contributed by atoms with Gasteiger partial charge in [-0.3, -0.25) is 14.4 Å². The Morgan fingerprint density at radius 2 is 1.77 bits per heavy atom. The Hall–Kier alpha value is -2.70. The quantitative estimate of drug-likeness (QED) is 0.689. The summed E-state index contributed by atoms with van der Waals surface area (Å²) in [5, 5.41) is 6.17. The molecule has 0 bridgehead atoms.